The van der Waals surface area contributed by atoms with Crippen LogP contribution in [0.4, 0.5) is 0 Å². The Labute approximate surface area is 140 Å². The molecule has 124 valence electrons. The number of hydrogen-bond acceptors (Lipinski definition) is 2. The third-order valence-electron chi connectivity index (χ3n) is 4.57. The molecule has 2 aromatic carbocycles. The van der Waals surface area contributed by atoms with Gasteiger partial charge in [-0.15, -0.1) is 0 Å². The lowest BCUT2D eigenvalue weighted by molar-refractivity contribution is 0.218. The highest BCUT2D eigenvalue weighted by atomic mass is 16.3. The predicted molar refractivity (Wildman–Crippen MR) is 97.8 cm³/mol. The van der Waals surface area contributed by atoms with Crippen molar-refractivity contribution < 1.29 is 5.11 Å². The van der Waals surface area contributed by atoms with Gasteiger partial charge in [-0.2, -0.15) is 0 Å². The second-order valence-electron chi connectivity index (χ2n) is 6.62. The first kappa shape index (κ1) is 17.7. The summed E-state index contributed by atoms with van der Waals surface area (Å²) in [5.41, 5.74) is 5.38. The topological polar surface area (TPSA) is 32.3 Å². The van der Waals surface area contributed by atoms with Crippen LogP contribution in [0.25, 0.3) is 0 Å². The SMILES string of the molecule is Cc1ccccc1CC(CO)CNC(C)Cc1ccccc1C. The highest BCUT2D eigenvalue weighted by Crippen LogP contribution is 2.14. The lowest BCUT2D eigenvalue weighted by atomic mass is 9.96. The average Bonchev–Trinajstić information content (AvgIpc) is 2.55. The highest BCUT2D eigenvalue weighted by Gasteiger charge is 2.12. The summed E-state index contributed by atoms with van der Waals surface area (Å²) in [5.74, 6) is 0.260. The predicted octanol–water partition coefficient (Wildman–Crippen LogP) is 3.68. The first-order chi connectivity index (χ1) is 11.1. The molecule has 0 saturated heterocycles. The number of rotatable bonds is 8. The monoisotopic (exact) mass is 311 g/mol. The Morgan fingerprint density at radius 3 is 1.91 bits per heavy atom. The Morgan fingerprint density at radius 2 is 1.39 bits per heavy atom. The largest absolute Gasteiger partial charge is 0.396 e. The van der Waals surface area contributed by atoms with E-state index in [1.165, 1.54) is 22.3 Å². The van der Waals surface area contributed by atoms with Crippen molar-refractivity contribution in [2.24, 2.45) is 5.92 Å². The molecule has 2 atom stereocenters. The van der Waals surface area contributed by atoms with Gasteiger partial charge in [0.15, 0.2) is 0 Å². The van der Waals surface area contributed by atoms with E-state index >= 15 is 0 Å². The number of aliphatic hydroxyl groups excluding tert-OH is 1. The van der Waals surface area contributed by atoms with Crippen molar-refractivity contribution in [2.75, 3.05) is 13.2 Å². The fourth-order valence-corrected chi connectivity index (χ4v) is 2.96. The van der Waals surface area contributed by atoms with Gasteiger partial charge in [0.2, 0.25) is 0 Å². The standard InChI is InChI=1S/C21H29NO/c1-16-8-4-6-10-20(16)12-18(3)22-14-19(15-23)13-21-11-7-5-9-17(21)2/h4-11,18-19,22-23H,12-15H2,1-3H3. The molecule has 0 amide bonds. The Bertz CT molecular complexity index is 608. The number of aryl methyl sites for hydroxylation is 2. The molecule has 0 aliphatic carbocycles. The summed E-state index contributed by atoms with van der Waals surface area (Å²) in [6.07, 6.45) is 1.95. The minimum absolute atomic E-state index is 0.221. The molecule has 2 heteroatoms. The van der Waals surface area contributed by atoms with E-state index in [4.69, 9.17) is 0 Å². The van der Waals surface area contributed by atoms with Crippen LogP contribution in [0.3, 0.4) is 0 Å². The van der Waals surface area contributed by atoms with Crippen molar-refractivity contribution in [2.45, 2.75) is 39.7 Å². The van der Waals surface area contributed by atoms with Crippen LogP contribution in [0.15, 0.2) is 48.5 Å². The number of benzene rings is 2. The molecule has 0 heterocycles. The lowest BCUT2D eigenvalue weighted by Crippen LogP contribution is -2.35. The molecule has 0 aliphatic rings. The highest BCUT2D eigenvalue weighted by molar-refractivity contribution is 5.27. The van der Waals surface area contributed by atoms with Gasteiger partial charge in [0.1, 0.15) is 0 Å². The summed E-state index contributed by atoms with van der Waals surface area (Å²) in [4.78, 5) is 0. The zero-order chi connectivity index (χ0) is 16.7. The van der Waals surface area contributed by atoms with Crippen molar-refractivity contribution >= 4 is 0 Å². The van der Waals surface area contributed by atoms with E-state index < -0.39 is 0 Å². The van der Waals surface area contributed by atoms with Crippen molar-refractivity contribution in [1.29, 1.82) is 0 Å². The van der Waals surface area contributed by atoms with Crippen LogP contribution in [0, 0.1) is 19.8 Å². The number of aliphatic hydroxyl groups is 1. The van der Waals surface area contributed by atoms with Crippen LogP contribution in [0.2, 0.25) is 0 Å². The Balaban J connectivity index is 1.85. The van der Waals surface area contributed by atoms with E-state index in [9.17, 15) is 5.11 Å². The summed E-state index contributed by atoms with van der Waals surface area (Å²) in [6.45, 7) is 7.58. The van der Waals surface area contributed by atoms with E-state index in [0.29, 0.717) is 6.04 Å². The molecule has 2 N–H and O–H groups in total. The minimum Gasteiger partial charge on any atom is -0.396 e. The second-order valence-corrected chi connectivity index (χ2v) is 6.62. The number of nitrogens with one attached hydrogen (secondary N) is 1. The van der Waals surface area contributed by atoms with E-state index in [1.54, 1.807) is 0 Å². The maximum Gasteiger partial charge on any atom is 0.0474 e. The maximum atomic E-state index is 9.68. The van der Waals surface area contributed by atoms with Gasteiger partial charge in [-0.05, 0) is 61.8 Å². The first-order valence-corrected chi connectivity index (χ1v) is 8.53. The fraction of sp³-hybridized carbons (Fsp3) is 0.429. The molecule has 2 unspecified atom stereocenters. The van der Waals surface area contributed by atoms with Gasteiger partial charge >= 0.3 is 0 Å². The number of hydrogen-bond donors (Lipinski definition) is 2. The molecule has 0 bridgehead atoms. The fourth-order valence-electron chi connectivity index (χ4n) is 2.96. The summed E-state index contributed by atoms with van der Waals surface area (Å²) >= 11 is 0. The van der Waals surface area contributed by atoms with Gasteiger partial charge in [-0.3, -0.25) is 0 Å². The first-order valence-electron chi connectivity index (χ1n) is 8.53. The maximum absolute atomic E-state index is 9.68. The van der Waals surface area contributed by atoms with Crippen molar-refractivity contribution in [3.05, 3.63) is 70.8 Å². The zero-order valence-electron chi connectivity index (χ0n) is 14.5. The molecular weight excluding hydrogens is 282 g/mol. The molecule has 0 radical (unpaired) electrons. The molecule has 2 nitrogen and oxygen atoms in total. The molecule has 0 aliphatic heterocycles. The van der Waals surface area contributed by atoms with Gasteiger partial charge < -0.3 is 10.4 Å². The Kier molecular flexibility index (Phi) is 6.82. The molecular formula is C21H29NO. The summed E-state index contributed by atoms with van der Waals surface area (Å²) < 4.78 is 0. The van der Waals surface area contributed by atoms with Crippen molar-refractivity contribution in [1.82, 2.24) is 5.32 Å². The van der Waals surface area contributed by atoms with E-state index in [1.807, 2.05) is 0 Å². The molecule has 0 saturated carbocycles. The summed E-state index contributed by atoms with van der Waals surface area (Å²) in [7, 11) is 0. The molecule has 0 spiro atoms. The van der Waals surface area contributed by atoms with Gasteiger partial charge in [0.05, 0.1) is 0 Å². The smallest absolute Gasteiger partial charge is 0.0474 e. The van der Waals surface area contributed by atoms with E-state index in [-0.39, 0.29) is 12.5 Å². The Hall–Kier alpha value is -1.64. The summed E-state index contributed by atoms with van der Waals surface area (Å²) in [6, 6.07) is 17.4. The third kappa shape index (κ3) is 5.49. The molecule has 0 aromatic heterocycles. The molecule has 2 rings (SSSR count). The van der Waals surface area contributed by atoms with Gasteiger partial charge in [-0.25, -0.2) is 0 Å². The second kappa shape index (κ2) is 8.85. The molecule has 2 aromatic rings. The van der Waals surface area contributed by atoms with Crippen molar-refractivity contribution in [3.63, 3.8) is 0 Å². The quantitative estimate of drug-likeness (QED) is 0.779. The van der Waals surface area contributed by atoms with E-state index in [0.717, 1.165) is 19.4 Å². The average molecular weight is 311 g/mol. The lowest BCUT2D eigenvalue weighted by Gasteiger charge is -2.20. The van der Waals surface area contributed by atoms with Gasteiger partial charge in [0.25, 0.3) is 0 Å². The Morgan fingerprint density at radius 1 is 0.870 bits per heavy atom. The van der Waals surface area contributed by atoms with Crippen LogP contribution in [-0.2, 0) is 12.8 Å². The van der Waals surface area contributed by atoms with Crippen LogP contribution in [-0.4, -0.2) is 24.3 Å². The van der Waals surface area contributed by atoms with Crippen LogP contribution >= 0.6 is 0 Å². The molecule has 0 fully saturated rings. The van der Waals surface area contributed by atoms with E-state index in [2.05, 4.69) is 74.6 Å². The molecule has 23 heavy (non-hydrogen) atoms. The van der Waals surface area contributed by atoms with Crippen LogP contribution in [0.1, 0.15) is 29.2 Å². The van der Waals surface area contributed by atoms with Gasteiger partial charge in [-0.1, -0.05) is 48.5 Å². The summed E-state index contributed by atoms with van der Waals surface area (Å²) in [5, 5.41) is 13.3. The third-order valence-corrected chi connectivity index (χ3v) is 4.57. The zero-order valence-corrected chi connectivity index (χ0v) is 14.5. The minimum atomic E-state index is 0.221. The van der Waals surface area contributed by atoms with Crippen molar-refractivity contribution in [3.8, 4) is 0 Å². The van der Waals surface area contributed by atoms with Crippen LogP contribution < -0.4 is 5.32 Å². The normalized spacial score (nSPS) is 13.7. The van der Waals surface area contributed by atoms with Gasteiger partial charge in [0, 0.05) is 19.2 Å². The van der Waals surface area contributed by atoms with Crippen LogP contribution in [0.5, 0.6) is 0 Å².